The number of hydrogen-bond acceptors (Lipinski definition) is 2. The SMILES string of the molecule is NC1CCCCC1(N)C1CCCCC1.[Pt]. The van der Waals surface area contributed by atoms with E-state index < -0.39 is 0 Å². The minimum absolute atomic E-state index is 0. The van der Waals surface area contributed by atoms with Crippen LogP contribution in [0.3, 0.4) is 0 Å². The van der Waals surface area contributed by atoms with E-state index in [2.05, 4.69) is 0 Å². The molecule has 0 aromatic carbocycles. The summed E-state index contributed by atoms with van der Waals surface area (Å²) in [7, 11) is 0. The quantitative estimate of drug-likeness (QED) is 0.720. The fraction of sp³-hybridized carbons (Fsp3) is 1.00. The third-order valence-electron chi connectivity index (χ3n) is 4.43. The molecule has 0 aromatic heterocycles. The molecule has 3 heteroatoms. The maximum atomic E-state index is 6.55. The van der Waals surface area contributed by atoms with Crippen molar-refractivity contribution in [1.82, 2.24) is 0 Å². The molecule has 0 bridgehead atoms. The van der Waals surface area contributed by atoms with E-state index in [4.69, 9.17) is 11.5 Å². The molecule has 2 aliphatic carbocycles. The molecular formula is C12H24N2Pt. The zero-order valence-electron chi connectivity index (χ0n) is 9.49. The normalized spacial score (nSPS) is 38.4. The molecule has 0 aromatic rings. The van der Waals surface area contributed by atoms with Crippen LogP contribution in [0.4, 0.5) is 0 Å². The Morgan fingerprint density at radius 3 is 2.07 bits per heavy atom. The third-order valence-corrected chi connectivity index (χ3v) is 4.43. The maximum Gasteiger partial charge on any atom is 0.0336 e. The molecule has 2 atom stereocenters. The largest absolute Gasteiger partial charge is 0.326 e. The number of rotatable bonds is 1. The minimum Gasteiger partial charge on any atom is -0.326 e. The summed E-state index contributed by atoms with van der Waals surface area (Å²) in [5.74, 6) is 0.714. The van der Waals surface area contributed by atoms with Gasteiger partial charge in [-0.25, -0.2) is 0 Å². The first-order valence-electron chi connectivity index (χ1n) is 6.28. The van der Waals surface area contributed by atoms with Crippen LogP contribution in [0.25, 0.3) is 0 Å². The summed E-state index contributed by atoms with van der Waals surface area (Å²) < 4.78 is 0. The monoisotopic (exact) mass is 391 g/mol. The zero-order chi connectivity index (χ0) is 10.0. The van der Waals surface area contributed by atoms with Gasteiger partial charge < -0.3 is 11.5 Å². The minimum atomic E-state index is -0.0152. The first-order chi connectivity index (χ1) is 6.73. The molecular weight excluding hydrogens is 367 g/mol. The Morgan fingerprint density at radius 1 is 0.867 bits per heavy atom. The molecule has 92 valence electrons. The Bertz CT molecular complexity index is 192. The first-order valence-corrected chi connectivity index (χ1v) is 6.28. The van der Waals surface area contributed by atoms with Crippen molar-refractivity contribution < 1.29 is 21.1 Å². The van der Waals surface area contributed by atoms with Gasteiger partial charge in [-0.1, -0.05) is 32.1 Å². The standard InChI is InChI=1S/C12H24N2.Pt/c13-11-8-4-5-9-12(11,14)10-6-2-1-3-7-10;/h10-11H,1-9,13-14H2;. The first kappa shape index (κ1) is 13.7. The van der Waals surface area contributed by atoms with Gasteiger partial charge in [-0.05, 0) is 31.6 Å². The average molecular weight is 391 g/mol. The second-order valence-electron chi connectivity index (χ2n) is 5.30. The Labute approximate surface area is 108 Å². The predicted octanol–water partition coefficient (Wildman–Crippen LogP) is 2.16. The van der Waals surface area contributed by atoms with E-state index in [9.17, 15) is 0 Å². The molecule has 0 heterocycles. The van der Waals surface area contributed by atoms with E-state index in [0.717, 1.165) is 6.42 Å². The second-order valence-corrected chi connectivity index (χ2v) is 5.30. The molecule has 2 fully saturated rings. The Hall–Kier alpha value is 0.608. The molecule has 2 unspecified atom stereocenters. The Kier molecular flexibility index (Phi) is 5.28. The maximum absolute atomic E-state index is 6.55. The van der Waals surface area contributed by atoms with Crippen molar-refractivity contribution >= 4 is 0 Å². The van der Waals surface area contributed by atoms with Gasteiger partial charge in [0.2, 0.25) is 0 Å². The topological polar surface area (TPSA) is 52.0 Å². The summed E-state index contributed by atoms with van der Waals surface area (Å²) in [4.78, 5) is 0. The van der Waals surface area contributed by atoms with Gasteiger partial charge in [-0.2, -0.15) is 0 Å². The molecule has 0 aliphatic heterocycles. The van der Waals surface area contributed by atoms with Crippen molar-refractivity contribution in [2.24, 2.45) is 17.4 Å². The van der Waals surface area contributed by atoms with Crippen LogP contribution in [-0.4, -0.2) is 11.6 Å². The summed E-state index contributed by atoms with van der Waals surface area (Å²) in [5.41, 5.74) is 12.8. The summed E-state index contributed by atoms with van der Waals surface area (Å²) in [6.45, 7) is 0. The van der Waals surface area contributed by atoms with Gasteiger partial charge in [0.05, 0.1) is 0 Å². The molecule has 15 heavy (non-hydrogen) atoms. The van der Waals surface area contributed by atoms with Crippen LogP contribution in [0.2, 0.25) is 0 Å². The molecule has 0 radical (unpaired) electrons. The van der Waals surface area contributed by atoms with E-state index in [-0.39, 0.29) is 32.6 Å². The molecule has 2 rings (SSSR count). The van der Waals surface area contributed by atoms with Crippen LogP contribution in [0.15, 0.2) is 0 Å². The second kappa shape index (κ2) is 5.79. The van der Waals surface area contributed by atoms with E-state index in [1.807, 2.05) is 0 Å². The van der Waals surface area contributed by atoms with Crippen molar-refractivity contribution in [3.05, 3.63) is 0 Å². The predicted molar refractivity (Wildman–Crippen MR) is 59.9 cm³/mol. The summed E-state index contributed by atoms with van der Waals surface area (Å²) in [6.07, 6.45) is 11.7. The van der Waals surface area contributed by atoms with Gasteiger partial charge in [0, 0.05) is 32.6 Å². The van der Waals surface area contributed by atoms with Crippen molar-refractivity contribution in [3.8, 4) is 0 Å². The molecule has 2 nitrogen and oxygen atoms in total. The fourth-order valence-corrected chi connectivity index (χ4v) is 3.40. The van der Waals surface area contributed by atoms with Gasteiger partial charge in [0.1, 0.15) is 0 Å². The third kappa shape index (κ3) is 2.84. The van der Waals surface area contributed by atoms with Crippen LogP contribution in [-0.2, 0) is 21.1 Å². The van der Waals surface area contributed by atoms with Crippen LogP contribution in [0, 0.1) is 5.92 Å². The summed E-state index contributed by atoms with van der Waals surface area (Å²) in [6, 6.07) is 0.263. The van der Waals surface area contributed by atoms with Crippen molar-refractivity contribution in [2.45, 2.75) is 69.4 Å². The van der Waals surface area contributed by atoms with E-state index in [1.165, 1.54) is 51.4 Å². The van der Waals surface area contributed by atoms with Crippen molar-refractivity contribution in [2.75, 3.05) is 0 Å². The fourth-order valence-electron chi connectivity index (χ4n) is 3.40. The van der Waals surface area contributed by atoms with Crippen LogP contribution < -0.4 is 11.5 Å². The van der Waals surface area contributed by atoms with Gasteiger partial charge in [0.15, 0.2) is 0 Å². The molecule has 0 amide bonds. The van der Waals surface area contributed by atoms with Crippen LogP contribution in [0.5, 0.6) is 0 Å². The van der Waals surface area contributed by atoms with Gasteiger partial charge >= 0.3 is 0 Å². The number of hydrogen-bond donors (Lipinski definition) is 2. The van der Waals surface area contributed by atoms with Gasteiger partial charge in [-0.15, -0.1) is 0 Å². The molecule has 2 saturated carbocycles. The van der Waals surface area contributed by atoms with Crippen molar-refractivity contribution in [1.29, 1.82) is 0 Å². The summed E-state index contributed by atoms with van der Waals surface area (Å²) in [5, 5.41) is 0. The average Bonchev–Trinajstić information content (AvgIpc) is 2.24. The van der Waals surface area contributed by atoms with E-state index in [0.29, 0.717) is 5.92 Å². The van der Waals surface area contributed by atoms with E-state index in [1.54, 1.807) is 0 Å². The molecule has 4 N–H and O–H groups in total. The molecule has 0 saturated heterocycles. The zero-order valence-corrected chi connectivity index (χ0v) is 11.8. The summed E-state index contributed by atoms with van der Waals surface area (Å²) >= 11 is 0. The Balaban J connectivity index is 0.00000112. The van der Waals surface area contributed by atoms with Gasteiger partial charge in [0.25, 0.3) is 0 Å². The van der Waals surface area contributed by atoms with E-state index >= 15 is 0 Å². The van der Waals surface area contributed by atoms with Crippen LogP contribution >= 0.6 is 0 Å². The van der Waals surface area contributed by atoms with Crippen LogP contribution in [0.1, 0.15) is 57.8 Å². The van der Waals surface area contributed by atoms with Crippen molar-refractivity contribution in [3.63, 3.8) is 0 Å². The smallest absolute Gasteiger partial charge is 0.0336 e. The molecule has 0 spiro atoms. The Morgan fingerprint density at radius 2 is 1.47 bits per heavy atom. The molecule has 2 aliphatic rings. The number of nitrogens with two attached hydrogens (primary N) is 2. The van der Waals surface area contributed by atoms with Gasteiger partial charge in [-0.3, -0.25) is 0 Å².